The van der Waals surface area contributed by atoms with Gasteiger partial charge in [0.15, 0.2) is 0 Å². The molecule has 0 amide bonds. The van der Waals surface area contributed by atoms with Crippen LogP contribution in [0.2, 0.25) is 0 Å². The summed E-state index contributed by atoms with van der Waals surface area (Å²) < 4.78 is 0. The first-order chi connectivity index (χ1) is 7.66. The SMILES string of the molecule is Cc1ccc(C)c(NC2CCCSC2C)c1. The van der Waals surface area contributed by atoms with Gasteiger partial charge in [-0.2, -0.15) is 11.8 Å². The first-order valence-corrected chi connectivity index (χ1v) is 7.17. The molecule has 1 N–H and O–H groups in total. The molecule has 2 rings (SSSR count). The molecule has 1 aromatic carbocycles. The average molecular weight is 235 g/mol. The summed E-state index contributed by atoms with van der Waals surface area (Å²) in [4.78, 5) is 0. The highest BCUT2D eigenvalue weighted by Gasteiger charge is 2.21. The second-order valence-corrected chi connectivity index (χ2v) is 6.27. The van der Waals surface area contributed by atoms with Gasteiger partial charge in [-0.1, -0.05) is 19.1 Å². The summed E-state index contributed by atoms with van der Waals surface area (Å²) in [5.74, 6) is 1.33. The highest BCUT2D eigenvalue weighted by Crippen LogP contribution is 2.28. The molecular weight excluding hydrogens is 214 g/mol. The number of hydrogen-bond acceptors (Lipinski definition) is 2. The summed E-state index contributed by atoms with van der Waals surface area (Å²) in [6.45, 7) is 6.68. The highest BCUT2D eigenvalue weighted by atomic mass is 32.2. The average Bonchev–Trinajstić information content (AvgIpc) is 2.27. The van der Waals surface area contributed by atoms with Crippen molar-refractivity contribution in [3.8, 4) is 0 Å². The minimum Gasteiger partial charge on any atom is -0.381 e. The zero-order valence-corrected chi connectivity index (χ0v) is 11.2. The summed E-state index contributed by atoms with van der Waals surface area (Å²) >= 11 is 2.09. The Bertz CT molecular complexity index is 362. The van der Waals surface area contributed by atoms with Gasteiger partial charge in [0, 0.05) is 17.0 Å². The fraction of sp³-hybridized carbons (Fsp3) is 0.571. The van der Waals surface area contributed by atoms with Crippen molar-refractivity contribution >= 4 is 17.4 Å². The van der Waals surface area contributed by atoms with Gasteiger partial charge in [0.1, 0.15) is 0 Å². The van der Waals surface area contributed by atoms with E-state index < -0.39 is 0 Å². The highest BCUT2D eigenvalue weighted by molar-refractivity contribution is 8.00. The zero-order chi connectivity index (χ0) is 11.5. The molecule has 1 saturated heterocycles. The maximum absolute atomic E-state index is 3.72. The molecule has 1 aromatic rings. The fourth-order valence-electron chi connectivity index (χ4n) is 2.20. The largest absolute Gasteiger partial charge is 0.381 e. The minimum atomic E-state index is 0.638. The molecule has 0 spiro atoms. The van der Waals surface area contributed by atoms with Crippen molar-refractivity contribution in [1.29, 1.82) is 0 Å². The van der Waals surface area contributed by atoms with E-state index >= 15 is 0 Å². The lowest BCUT2D eigenvalue weighted by Crippen LogP contribution is -2.33. The summed E-state index contributed by atoms with van der Waals surface area (Å²) in [5, 5.41) is 4.45. The van der Waals surface area contributed by atoms with E-state index in [0.717, 1.165) is 5.25 Å². The van der Waals surface area contributed by atoms with Crippen molar-refractivity contribution in [3.63, 3.8) is 0 Å². The van der Waals surface area contributed by atoms with E-state index in [1.54, 1.807) is 0 Å². The molecule has 88 valence electrons. The third-order valence-electron chi connectivity index (χ3n) is 3.34. The zero-order valence-electron chi connectivity index (χ0n) is 10.4. The molecular formula is C14H21NS. The second kappa shape index (κ2) is 5.13. The van der Waals surface area contributed by atoms with Crippen molar-refractivity contribution < 1.29 is 0 Å². The predicted molar refractivity (Wildman–Crippen MR) is 74.5 cm³/mol. The maximum atomic E-state index is 3.72. The van der Waals surface area contributed by atoms with Crippen LogP contribution in [0.25, 0.3) is 0 Å². The standard InChI is InChI=1S/C14H21NS/c1-10-6-7-11(2)14(9-10)15-13-5-4-8-16-12(13)3/h6-7,9,12-13,15H,4-5,8H2,1-3H3. The lowest BCUT2D eigenvalue weighted by Gasteiger charge is -2.30. The molecule has 16 heavy (non-hydrogen) atoms. The van der Waals surface area contributed by atoms with Crippen LogP contribution in [0.15, 0.2) is 18.2 Å². The summed E-state index contributed by atoms with van der Waals surface area (Å²) in [5.41, 5.74) is 4.01. The number of anilines is 1. The van der Waals surface area contributed by atoms with Crippen LogP contribution in [0, 0.1) is 13.8 Å². The smallest absolute Gasteiger partial charge is 0.0377 e. The van der Waals surface area contributed by atoms with Gasteiger partial charge in [-0.05, 0) is 49.6 Å². The molecule has 1 aliphatic heterocycles. The topological polar surface area (TPSA) is 12.0 Å². The summed E-state index contributed by atoms with van der Waals surface area (Å²) in [6.07, 6.45) is 2.65. The third-order valence-corrected chi connectivity index (χ3v) is 4.72. The van der Waals surface area contributed by atoms with Crippen molar-refractivity contribution in [2.75, 3.05) is 11.1 Å². The minimum absolute atomic E-state index is 0.638. The molecule has 0 saturated carbocycles. The molecule has 2 atom stereocenters. The van der Waals surface area contributed by atoms with E-state index in [4.69, 9.17) is 0 Å². The Morgan fingerprint density at radius 1 is 1.31 bits per heavy atom. The number of thioether (sulfide) groups is 1. The van der Waals surface area contributed by atoms with Gasteiger partial charge in [0.2, 0.25) is 0 Å². The van der Waals surface area contributed by atoms with Crippen LogP contribution in [0.1, 0.15) is 30.9 Å². The Labute approximate surface area is 103 Å². The van der Waals surface area contributed by atoms with E-state index in [1.807, 2.05) is 0 Å². The monoisotopic (exact) mass is 235 g/mol. The van der Waals surface area contributed by atoms with Gasteiger partial charge in [-0.3, -0.25) is 0 Å². The lowest BCUT2D eigenvalue weighted by atomic mass is 10.1. The summed E-state index contributed by atoms with van der Waals surface area (Å²) in [7, 11) is 0. The van der Waals surface area contributed by atoms with Gasteiger partial charge in [-0.25, -0.2) is 0 Å². The number of benzene rings is 1. The van der Waals surface area contributed by atoms with E-state index in [2.05, 4.69) is 56.0 Å². The number of hydrogen-bond donors (Lipinski definition) is 1. The van der Waals surface area contributed by atoms with E-state index in [-0.39, 0.29) is 0 Å². The first kappa shape index (κ1) is 11.8. The number of rotatable bonds is 2. The van der Waals surface area contributed by atoms with Gasteiger partial charge in [0.05, 0.1) is 0 Å². The van der Waals surface area contributed by atoms with Crippen LogP contribution < -0.4 is 5.32 Å². The molecule has 1 nitrogen and oxygen atoms in total. The van der Waals surface area contributed by atoms with Crippen LogP contribution in [0.4, 0.5) is 5.69 Å². The van der Waals surface area contributed by atoms with Crippen LogP contribution in [0.5, 0.6) is 0 Å². The molecule has 0 aromatic heterocycles. The second-order valence-electron chi connectivity index (χ2n) is 4.79. The quantitative estimate of drug-likeness (QED) is 0.831. The van der Waals surface area contributed by atoms with E-state index in [0.29, 0.717) is 6.04 Å². The van der Waals surface area contributed by atoms with E-state index in [1.165, 1.54) is 35.4 Å². The molecule has 2 unspecified atom stereocenters. The summed E-state index contributed by atoms with van der Waals surface area (Å²) in [6, 6.07) is 7.29. The Morgan fingerprint density at radius 2 is 2.12 bits per heavy atom. The molecule has 2 heteroatoms. The van der Waals surface area contributed by atoms with Crippen LogP contribution in [0.3, 0.4) is 0 Å². The fourth-order valence-corrected chi connectivity index (χ4v) is 3.35. The third kappa shape index (κ3) is 2.73. The van der Waals surface area contributed by atoms with Crippen molar-refractivity contribution in [3.05, 3.63) is 29.3 Å². The van der Waals surface area contributed by atoms with Gasteiger partial charge >= 0.3 is 0 Å². The van der Waals surface area contributed by atoms with Gasteiger partial charge < -0.3 is 5.32 Å². The number of aryl methyl sites for hydroxylation is 2. The molecule has 1 fully saturated rings. The van der Waals surface area contributed by atoms with Crippen LogP contribution in [-0.2, 0) is 0 Å². The maximum Gasteiger partial charge on any atom is 0.0377 e. The Hall–Kier alpha value is -0.630. The molecule has 0 radical (unpaired) electrons. The van der Waals surface area contributed by atoms with Crippen LogP contribution >= 0.6 is 11.8 Å². The number of nitrogens with one attached hydrogen (secondary N) is 1. The van der Waals surface area contributed by atoms with E-state index in [9.17, 15) is 0 Å². The molecule has 1 aliphatic rings. The van der Waals surface area contributed by atoms with Crippen molar-refractivity contribution in [1.82, 2.24) is 0 Å². The normalized spacial score (nSPS) is 25.4. The predicted octanol–water partition coefficient (Wildman–Crippen LogP) is 4.00. The Balaban J connectivity index is 2.10. The Morgan fingerprint density at radius 3 is 2.88 bits per heavy atom. The van der Waals surface area contributed by atoms with Crippen molar-refractivity contribution in [2.24, 2.45) is 0 Å². The first-order valence-electron chi connectivity index (χ1n) is 6.12. The molecule has 0 aliphatic carbocycles. The molecule has 0 bridgehead atoms. The molecule has 1 heterocycles. The van der Waals surface area contributed by atoms with Crippen molar-refractivity contribution in [2.45, 2.75) is 44.9 Å². The van der Waals surface area contributed by atoms with Gasteiger partial charge in [0.25, 0.3) is 0 Å². The van der Waals surface area contributed by atoms with Gasteiger partial charge in [-0.15, -0.1) is 0 Å². The lowest BCUT2D eigenvalue weighted by molar-refractivity contribution is 0.617. The van der Waals surface area contributed by atoms with Crippen LogP contribution in [-0.4, -0.2) is 17.0 Å². The Kier molecular flexibility index (Phi) is 3.80.